The maximum atomic E-state index is 10.7. The maximum absolute atomic E-state index is 10.7. The second-order valence-electron chi connectivity index (χ2n) is 5.97. The summed E-state index contributed by atoms with van der Waals surface area (Å²) < 4.78 is 5.28. The predicted molar refractivity (Wildman–Crippen MR) is 86.9 cm³/mol. The Morgan fingerprint density at radius 2 is 2.32 bits per heavy atom. The van der Waals surface area contributed by atoms with Gasteiger partial charge in [-0.1, -0.05) is 0 Å². The number of hydrogen-bond donors (Lipinski definition) is 3. The van der Waals surface area contributed by atoms with Crippen molar-refractivity contribution in [3.63, 3.8) is 0 Å². The number of fused-ring (bicyclic) bond motifs is 1. The fourth-order valence-corrected chi connectivity index (χ4v) is 3.18. The molecular formula is C17H23N3O2. The second kappa shape index (κ2) is 6.60. The molecular weight excluding hydrogens is 278 g/mol. The molecule has 1 aromatic heterocycles. The second-order valence-corrected chi connectivity index (χ2v) is 5.97. The lowest BCUT2D eigenvalue weighted by molar-refractivity contribution is 0.143. The quantitative estimate of drug-likeness (QED) is 0.801. The fraction of sp³-hybridized carbons (Fsp3) is 0.471. The topological polar surface area (TPSA) is 80.4 Å². The highest BCUT2D eigenvalue weighted by Gasteiger charge is 2.23. The van der Waals surface area contributed by atoms with Crippen LogP contribution in [0.15, 0.2) is 30.5 Å². The molecule has 5 nitrogen and oxygen atoms in total. The number of piperidine rings is 1. The first-order valence-corrected chi connectivity index (χ1v) is 7.77. The molecule has 3 atom stereocenters. The van der Waals surface area contributed by atoms with E-state index in [0.717, 1.165) is 41.6 Å². The minimum atomic E-state index is -0.541. The van der Waals surface area contributed by atoms with Crippen LogP contribution in [0.4, 0.5) is 0 Å². The molecule has 118 valence electrons. The zero-order valence-corrected chi connectivity index (χ0v) is 12.8. The van der Waals surface area contributed by atoms with E-state index in [4.69, 9.17) is 10.5 Å². The number of methoxy groups -OCH3 is 1. The zero-order valence-electron chi connectivity index (χ0n) is 12.8. The Kier molecular flexibility index (Phi) is 4.57. The molecule has 2 heterocycles. The van der Waals surface area contributed by atoms with E-state index in [-0.39, 0.29) is 12.1 Å². The first-order chi connectivity index (χ1) is 10.7. The van der Waals surface area contributed by atoms with Crippen LogP contribution in [0.1, 0.15) is 30.9 Å². The van der Waals surface area contributed by atoms with E-state index >= 15 is 0 Å². The Bertz CT molecular complexity index is 647. The summed E-state index contributed by atoms with van der Waals surface area (Å²) in [6.45, 7) is 0.920. The highest BCUT2D eigenvalue weighted by Crippen LogP contribution is 2.29. The van der Waals surface area contributed by atoms with Crippen molar-refractivity contribution in [2.75, 3.05) is 13.7 Å². The van der Waals surface area contributed by atoms with Gasteiger partial charge in [0.1, 0.15) is 5.75 Å². The van der Waals surface area contributed by atoms with Crippen LogP contribution in [0.3, 0.4) is 0 Å². The molecule has 1 aliphatic heterocycles. The number of aliphatic hydroxyl groups excluding tert-OH is 1. The Morgan fingerprint density at radius 3 is 3.09 bits per heavy atom. The summed E-state index contributed by atoms with van der Waals surface area (Å²) in [7, 11) is 1.64. The molecule has 2 aromatic rings. The summed E-state index contributed by atoms with van der Waals surface area (Å²) in [4.78, 5) is 4.36. The van der Waals surface area contributed by atoms with Crippen LogP contribution in [0.2, 0.25) is 0 Å². The molecule has 3 rings (SSSR count). The van der Waals surface area contributed by atoms with Gasteiger partial charge < -0.3 is 20.9 Å². The standard InChI is InChI=1S/C17H23N3O2/c1-22-13-2-3-16-15(10-13)14(5-7-20-16)17(21)9-12-8-11(18)4-6-19-12/h2-3,5,7,10-12,17,19,21H,4,6,8-9,18H2,1H3/t11?,12-,17?/m1/s1. The third kappa shape index (κ3) is 3.21. The third-order valence-corrected chi connectivity index (χ3v) is 4.38. The highest BCUT2D eigenvalue weighted by molar-refractivity contribution is 5.83. The Labute approximate surface area is 130 Å². The molecule has 0 saturated carbocycles. The van der Waals surface area contributed by atoms with Gasteiger partial charge in [0.2, 0.25) is 0 Å². The van der Waals surface area contributed by atoms with Gasteiger partial charge in [-0.15, -0.1) is 0 Å². The van der Waals surface area contributed by atoms with Gasteiger partial charge in [0.25, 0.3) is 0 Å². The summed E-state index contributed by atoms with van der Waals surface area (Å²) >= 11 is 0. The summed E-state index contributed by atoms with van der Waals surface area (Å²) in [6, 6.07) is 8.10. The first-order valence-electron chi connectivity index (χ1n) is 7.77. The molecule has 0 spiro atoms. The van der Waals surface area contributed by atoms with E-state index in [1.54, 1.807) is 13.3 Å². The van der Waals surface area contributed by atoms with Crippen molar-refractivity contribution in [1.82, 2.24) is 10.3 Å². The molecule has 1 saturated heterocycles. The Hall–Kier alpha value is -1.69. The maximum Gasteiger partial charge on any atom is 0.119 e. The molecule has 0 bridgehead atoms. The number of hydrogen-bond acceptors (Lipinski definition) is 5. The molecule has 5 heteroatoms. The molecule has 22 heavy (non-hydrogen) atoms. The predicted octanol–water partition coefficient (Wildman–Crippen LogP) is 1.75. The third-order valence-electron chi connectivity index (χ3n) is 4.38. The van der Waals surface area contributed by atoms with Crippen molar-refractivity contribution in [2.24, 2.45) is 5.73 Å². The molecule has 0 amide bonds. The van der Waals surface area contributed by atoms with Gasteiger partial charge in [0.15, 0.2) is 0 Å². The summed E-state index contributed by atoms with van der Waals surface area (Å²) in [5, 5.41) is 15.1. The largest absolute Gasteiger partial charge is 0.497 e. The van der Waals surface area contributed by atoms with Crippen LogP contribution in [0.5, 0.6) is 5.75 Å². The highest BCUT2D eigenvalue weighted by atomic mass is 16.5. The van der Waals surface area contributed by atoms with Crippen LogP contribution in [0.25, 0.3) is 10.9 Å². The monoisotopic (exact) mass is 301 g/mol. The van der Waals surface area contributed by atoms with Gasteiger partial charge in [-0.05, 0) is 55.6 Å². The number of benzene rings is 1. The van der Waals surface area contributed by atoms with E-state index in [1.807, 2.05) is 24.3 Å². The number of nitrogens with two attached hydrogens (primary N) is 1. The van der Waals surface area contributed by atoms with E-state index in [1.165, 1.54) is 0 Å². The number of aromatic nitrogens is 1. The zero-order chi connectivity index (χ0) is 15.5. The van der Waals surface area contributed by atoms with E-state index in [0.29, 0.717) is 6.42 Å². The summed E-state index contributed by atoms with van der Waals surface area (Å²) in [5.41, 5.74) is 7.78. The number of nitrogens with zero attached hydrogens (tertiary/aromatic N) is 1. The van der Waals surface area contributed by atoms with Gasteiger partial charge >= 0.3 is 0 Å². The van der Waals surface area contributed by atoms with Gasteiger partial charge in [-0.3, -0.25) is 4.98 Å². The normalized spacial score (nSPS) is 23.4. The summed E-state index contributed by atoms with van der Waals surface area (Å²) in [6.07, 6.45) is 3.77. The molecule has 2 unspecified atom stereocenters. The lowest BCUT2D eigenvalue weighted by Gasteiger charge is -2.29. The molecule has 0 radical (unpaired) electrons. The van der Waals surface area contributed by atoms with Crippen molar-refractivity contribution in [1.29, 1.82) is 0 Å². The smallest absolute Gasteiger partial charge is 0.119 e. The van der Waals surface area contributed by atoms with E-state index in [9.17, 15) is 5.11 Å². The number of rotatable bonds is 4. The van der Waals surface area contributed by atoms with Gasteiger partial charge in [-0.2, -0.15) is 0 Å². The molecule has 0 aliphatic carbocycles. The van der Waals surface area contributed by atoms with Crippen LogP contribution in [-0.2, 0) is 0 Å². The molecule has 1 aliphatic rings. The minimum Gasteiger partial charge on any atom is -0.497 e. The van der Waals surface area contributed by atoms with Crippen LogP contribution in [-0.4, -0.2) is 35.8 Å². The lowest BCUT2D eigenvalue weighted by atomic mass is 9.92. The Balaban J connectivity index is 1.85. The van der Waals surface area contributed by atoms with Crippen molar-refractivity contribution in [2.45, 2.75) is 37.5 Å². The average molecular weight is 301 g/mol. The number of ether oxygens (including phenoxy) is 1. The van der Waals surface area contributed by atoms with Gasteiger partial charge in [0, 0.05) is 23.7 Å². The SMILES string of the molecule is COc1ccc2nccc(C(O)C[C@H]3CC(N)CCN3)c2c1. The van der Waals surface area contributed by atoms with E-state index in [2.05, 4.69) is 10.3 Å². The van der Waals surface area contributed by atoms with Crippen LogP contribution < -0.4 is 15.8 Å². The van der Waals surface area contributed by atoms with Gasteiger partial charge in [-0.25, -0.2) is 0 Å². The Morgan fingerprint density at radius 1 is 1.45 bits per heavy atom. The van der Waals surface area contributed by atoms with Crippen molar-refractivity contribution >= 4 is 10.9 Å². The number of nitrogens with one attached hydrogen (secondary N) is 1. The van der Waals surface area contributed by atoms with E-state index < -0.39 is 6.10 Å². The first kappa shape index (κ1) is 15.2. The van der Waals surface area contributed by atoms with Crippen molar-refractivity contribution in [3.05, 3.63) is 36.0 Å². The minimum absolute atomic E-state index is 0.229. The van der Waals surface area contributed by atoms with Crippen molar-refractivity contribution < 1.29 is 9.84 Å². The van der Waals surface area contributed by atoms with Crippen molar-refractivity contribution in [3.8, 4) is 5.75 Å². The fourth-order valence-electron chi connectivity index (χ4n) is 3.18. The van der Waals surface area contributed by atoms with Crippen LogP contribution in [0, 0.1) is 0 Å². The lowest BCUT2D eigenvalue weighted by Crippen LogP contribution is -2.44. The molecule has 1 fully saturated rings. The molecule has 1 aromatic carbocycles. The van der Waals surface area contributed by atoms with Gasteiger partial charge in [0.05, 0.1) is 18.7 Å². The molecule has 4 N–H and O–H groups in total. The average Bonchev–Trinajstić information content (AvgIpc) is 2.53. The number of pyridine rings is 1. The van der Waals surface area contributed by atoms with Crippen LogP contribution >= 0.6 is 0 Å². The summed E-state index contributed by atoms with van der Waals surface area (Å²) in [5.74, 6) is 0.770. The number of aliphatic hydroxyl groups is 1.